The van der Waals surface area contributed by atoms with Gasteiger partial charge in [0.15, 0.2) is 0 Å². The topological polar surface area (TPSA) is 67.2 Å². The highest BCUT2D eigenvalue weighted by molar-refractivity contribution is 6.30. The normalized spacial score (nSPS) is 10.9. The van der Waals surface area contributed by atoms with Crippen molar-refractivity contribution in [2.45, 2.75) is 20.4 Å². The quantitative estimate of drug-likeness (QED) is 0.780. The molecule has 0 saturated carbocycles. The van der Waals surface area contributed by atoms with Gasteiger partial charge in [0.25, 0.3) is 5.56 Å². The molecule has 6 nitrogen and oxygen atoms in total. The fraction of sp³-hybridized carbons (Fsp3) is 0.389. The molecule has 0 atom stereocenters. The van der Waals surface area contributed by atoms with Crippen molar-refractivity contribution in [1.29, 1.82) is 0 Å². The lowest BCUT2D eigenvalue weighted by Crippen LogP contribution is -2.38. The monoisotopic (exact) mass is 362 g/mol. The van der Waals surface area contributed by atoms with E-state index in [0.717, 1.165) is 25.2 Å². The summed E-state index contributed by atoms with van der Waals surface area (Å²) >= 11 is 5.88. The molecule has 0 bridgehead atoms. The van der Waals surface area contributed by atoms with Crippen molar-refractivity contribution in [2.24, 2.45) is 0 Å². The standard InChI is InChI=1S/C18H23ClN4O2/c1-3-22(4-2)12-11-20-17(24)13-23-18(25)10-9-16(21-23)14-5-7-15(19)8-6-14/h5-10H,3-4,11-13H2,1-2H3,(H,20,24). The number of halogens is 1. The van der Waals surface area contributed by atoms with Crippen molar-refractivity contribution in [3.63, 3.8) is 0 Å². The fourth-order valence-electron chi connectivity index (χ4n) is 2.42. The van der Waals surface area contributed by atoms with Crippen LogP contribution in [0.3, 0.4) is 0 Å². The average molecular weight is 363 g/mol. The first kappa shape index (κ1) is 19.1. The summed E-state index contributed by atoms with van der Waals surface area (Å²) in [7, 11) is 0. The molecule has 0 saturated heterocycles. The molecule has 1 aromatic heterocycles. The second-order valence-corrected chi connectivity index (χ2v) is 6.03. The van der Waals surface area contributed by atoms with Gasteiger partial charge in [0.2, 0.25) is 5.91 Å². The molecule has 0 unspecified atom stereocenters. The van der Waals surface area contributed by atoms with Crippen LogP contribution >= 0.6 is 11.6 Å². The van der Waals surface area contributed by atoms with Gasteiger partial charge >= 0.3 is 0 Å². The van der Waals surface area contributed by atoms with E-state index in [2.05, 4.69) is 29.2 Å². The van der Waals surface area contributed by atoms with Crippen LogP contribution in [0.4, 0.5) is 0 Å². The third kappa shape index (κ3) is 5.69. The molecule has 7 heteroatoms. The lowest BCUT2D eigenvalue weighted by atomic mass is 10.1. The minimum absolute atomic E-state index is 0.0987. The molecule has 1 amide bonds. The highest BCUT2D eigenvalue weighted by atomic mass is 35.5. The Morgan fingerprint density at radius 2 is 1.84 bits per heavy atom. The molecule has 0 spiro atoms. The van der Waals surface area contributed by atoms with Crippen LogP contribution in [0.25, 0.3) is 11.3 Å². The second-order valence-electron chi connectivity index (χ2n) is 5.60. The molecule has 134 valence electrons. The maximum Gasteiger partial charge on any atom is 0.267 e. The zero-order chi connectivity index (χ0) is 18.2. The lowest BCUT2D eigenvalue weighted by molar-refractivity contribution is -0.121. The van der Waals surface area contributed by atoms with Crippen LogP contribution in [-0.4, -0.2) is 46.8 Å². The van der Waals surface area contributed by atoms with Gasteiger partial charge < -0.3 is 10.2 Å². The number of aromatic nitrogens is 2. The number of carbonyl (C=O) groups excluding carboxylic acids is 1. The van der Waals surface area contributed by atoms with Crippen molar-refractivity contribution < 1.29 is 4.79 Å². The summed E-state index contributed by atoms with van der Waals surface area (Å²) in [5.41, 5.74) is 1.14. The fourth-order valence-corrected chi connectivity index (χ4v) is 2.55. The van der Waals surface area contributed by atoms with Crippen LogP contribution in [0.15, 0.2) is 41.2 Å². The van der Waals surface area contributed by atoms with Crippen LogP contribution < -0.4 is 10.9 Å². The number of benzene rings is 1. The predicted octanol–water partition coefficient (Wildman–Crippen LogP) is 2.02. The lowest BCUT2D eigenvalue weighted by Gasteiger charge is -2.18. The molecule has 0 radical (unpaired) electrons. The summed E-state index contributed by atoms with van der Waals surface area (Å²) in [6.45, 7) is 7.28. The van der Waals surface area contributed by atoms with Gasteiger partial charge in [0.1, 0.15) is 6.54 Å². The molecule has 0 aliphatic carbocycles. The Hall–Kier alpha value is -2.18. The molecule has 0 aliphatic rings. The van der Waals surface area contributed by atoms with Gasteiger partial charge in [0.05, 0.1) is 5.69 Å². The Balaban J connectivity index is 2.01. The number of nitrogens with one attached hydrogen (secondary N) is 1. The number of hydrogen-bond donors (Lipinski definition) is 1. The van der Waals surface area contributed by atoms with Gasteiger partial charge in [-0.25, -0.2) is 4.68 Å². The molecule has 0 fully saturated rings. The number of rotatable bonds is 8. The summed E-state index contributed by atoms with van der Waals surface area (Å²) in [6.07, 6.45) is 0. The van der Waals surface area contributed by atoms with Crippen molar-refractivity contribution in [3.05, 3.63) is 51.8 Å². The van der Waals surface area contributed by atoms with E-state index in [1.807, 2.05) is 12.1 Å². The van der Waals surface area contributed by atoms with Crippen LogP contribution in [0, 0.1) is 0 Å². The van der Waals surface area contributed by atoms with Crippen LogP contribution in [0.2, 0.25) is 5.02 Å². The summed E-state index contributed by atoms with van der Waals surface area (Å²) in [5, 5.41) is 7.73. The first-order valence-corrected chi connectivity index (χ1v) is 8.74. The van der Waals surface area contributed by atoms with Crippen molar-refractivity contribution in [3.8, 4) is 11.3 Å². The smallest absolute Gasteiger partial charge is 0.267 e. The van der Waals surface area contributed by atoms with Crippen molar-refractivity contribution >= 4 is 17.5 Å². The largest absolute Gasteiger partial charge is 0.353 e. The second kappa shape index (κ2) is 9.34. The first-order chi connectivity index (χ1) is 12.0. The average Bonchev–Trinajstić information content (AvgIpc) is 2.61. The van der Waals surface area contributed by atoms with E-state index in [0.29, 0.717) is 17.3 Å². The number of nitrogens with zero attached hydrogens (tertiary/aromatic N) is 3. The molecule has 1 heterocycles. The van der Waals surface area contributed by atoms with Crippen LogP contribution in [-0.2, 0) is 11.3 Å². The number of amides is 1. The predicted molar refractivity (Wildman–Crippen MR) is 99.7 cm³/mol. The third-order valence-corrected chi connectivity index (χ3v) is 4.20. The van der Waals surface area contributed by atoms with Gasteiger partial charge in [-0.15, -0.1) is 0 Å². The third-order valence-electron chi connectivity index (χ3n) is 3.94. The van der Waals surface area contributed by atoms with Gasteiger partial charge in [-0.05, 0) is 31.3 Å². The SMILES string of the molecule is CCN(CC)CCNC(=O)Cn1nc(-c2ccc(Cl)cc2)ccc1=O. The van der Waals surface area contributed by atoms with Crippen molar-refractivity contribution in [1.82, 2.24) is 20.0 Å². The van der Waals surface area contributed by atoms with Gasteiger partial charge in [-0.3, -0.25) is 9.59 Å². The van der Waals surface area contributed by atoms with Gasteiger partial charge in [-0.2, -0.15) is 5.10 Å². The molecular formula is C18H23ClN4O2. The molecule has 0 aliphatic heterocycles. The van der Waals surface area contributed by atoms with E-state index < -0.39 is 0 Å². The van der Waals surface area contributed by atoms with E-state index in [-0.39, 0.29) is 18.0 Å². The maximum absolute atomic E-state index is 12.1. The zero-order valence-electron chi connectivity index (χ0n) is 14.5. The number of likely N-dealkylation sites (N-methyl/N-ethyl adjacent to an activating group) is 1. The highest BCUT2D eigenvalue weighted by Gasteiger charge is 2.08. The maximum atomic E-state index is 12.1. The zero-order valence-corrected chi connectivity index (χ0v) is 15.3. The minimum atomic E-state index is -0.309. The Kier molecular flexibility index (Phi) is 7.16. The van der Waals surface area contributed by atoms with E-state index in [4.69, 9.17) is 11.6 Å². The molecule has 2 aromatic rings. The van der Waals surface area contributed by atoms with E-state index >= 15 is 0 Å². The molecule has 25 heavy (non-hydrogen) atoms. The van der Waals surface area contributed by atoms with Crippen molar-refractivity contribution in [2.75, 3.05) is 26.2 Å². The summed E-state index contributed by atoms with van der Waals surface area (Å²) in [6, 6.07) is 10.2. The first-order valence-electron chi connectivity index (χ1n) is 8.36. The molecule has 1 N–H and O–H groups in total. The van der Waals surface area contributed by atoms with Crippen LogP contribution in [0.1, 0.15) is 13.8 Å². The Bertz CT molecular complexity index is 754. The molecule has 2 rings (SSSR count). The molecule has 1 aromatic carbocycles. The minimum Gasteiger partial charge on any atom is -0.353 e. The Morgan fingerprint density at radius 3 is 2.48 bits per heavy atom. The highest BCUT2D eigenvalue weighted by Crippen LogP contribution is 2.18. The number of hydrogen-bond acceptors (Lipinski definition) is 4. The molecular weight excluding hydrogens is 340 g/mol. The summed E-state index contributed by atoms with van der Waals surface area (Å²) < 4.78 is 1.18. The van der Waals surface area contributed by atoms with E-state index in [9.17, 15) is 9.59 Å². The number of carbonyl (C=O) groups is 1. The van der Waals surface area contributed by atoms with Gasteiger partial charge in [0, 0.05) is 29.7 Å². The van der Waals surface area contributed by atoms with Crippen LogP contribution in [0.5, 0.6) is 0 Å². The van der Waals surface area contributed by atoms with E-state index in [1.54, 1.807) is 18.2 Å². The van der Waals surface area contributed by atoms with E-state index in [1.165, 1.54) is 10.7 Å². The summed E-state index contributed by atoms with van der Waals surface area (Å²) in [4.78, 5) is 26.2. The summed E-state index contributed by atoms with van der Waals surface area (Å²) in [5.74, 6) is -0.227. The Labute approximate surface area is 152 Å². The Morgan fingerprint density at radius 1 is 1.16 bits per heavy atom. The van der Waals surface area contributed by atoms with Gasteiger partial charge in [-0.1, -0.05) is 37.6 Å².